The normalized spacial score (nSPS) is 15.7. The van der Waals surface area contributed by atoms with Gasteiger partial charge in [-0.15, -0.1) is 6.58 Å². The summed E-state index contributed by atoms with van der Waals surface area (Å²) in [6, 6.07) is 20.5. The van der Waals surface area contributed by atoms with Crippen molar-refractivity contribution in [3.05, 3.63) is 90.5 Å². The third-order valence-corrected chi connectivity index (χ3v) is 8.62. The first-order valence-corrected chi connectivity index (χ1v) is 13.0. The smallest absolute Gasteiger partial charge is 0.243 e. The number of rotatable bonds is 9. The summed E-state index contributed by atoms with van der Waals surface area (Å²) < 4.78 is 37.5. The molecule has 0 bridgehead atoms. The highest BCUT2D eigenvalue weighted by Gasteiger charge is 2.50. The van der Waals surface area contributed by atoms with Gasteiger partial charge in [0, 0.05) is 20.0 Å². The van der Waals surface area contributed by atoms with Crippen LogP contribution < -0.4 is 9.47 Å². The summed E-state index contributed by atoms with van der Waals surface area (Å²) in [4.78, 5) is 13.6. The average Bonchev–Trinajstić information content (AvgIpc) is 3.55. The number of ether oxygens (including phenoxy) is 2. The van der Waals surface area contributed by atoms with Crippen molar-refractivity contribution in [3.63, 3.8) is 0 Å². The Morgan fingerprint density at radius 3 is 2.46 bits per heavy atom. The molecule has 3 aromatic carbocycles. The molecule has 0 atom stereocenters. The number of ketones is 1. The van der Waals surface area contributed by atoms with Gasteiger partial charge < -0.3 is 9.47 Å². The minimum Gasteiger partial charge on any atom is -0.454 e. The van der Waals surface area contributed by atoms with Gasteiger partial charge in [-0.3, -0.25) is 4.79 Å². The van der Waals surface area contributed by atoms with Crippen molar-refractivity contribution in [2.75, 3.05) is 20.4 Å². The number of hydrogen-bond donors (Lipinski definition) is 0. The van der Waals surface area contributed by atoms with Gasteiger partial charge in [-0.2, -0.15) is 4.31 Å². The Balaban J connectivity index is 1.33. The summed E-state index contributed by atoms with van der Waals surface area (Å²) in [6.07, 6.45) is 3.56. The van der Waals surface area contributed by atoms with E-state index in [2.05, 4.69) is 6.58 Å². The summed E-state index contributed by atoms with van der Waals surface area (Å²) in [6.45, 7) is 4.06. The molecule has 1 aliphatic carbocycles. The molecule has 1 fully saturated rings. The first-order chi connectivity index (χ1) is 16.8. The Labute approximate surface area is 205 Å². The molecule has 6 nitrogen and oxygen atoms in total. The van der Waals surface area contributed by atoms with Crippen LogP contribution in [0.3, 0.4) is 0 Å². The standard InChI is InChI=1S/C28H27NO5S/c1-3-15-29(2)35(31,32)24-10-7-21(8-11-24)22-6-4-5-20(16-22)17-27(30)28(13-14-28)23-9-12-25-26(18-23)34-19-33-25/h3-12,16,18H,1,13-15,17,19H2,2H3. The van der Waals surface area contributed by atoms with Gasteiger partial charge in [-0.25, -0.2) is 8.42 Å². The van der Waals surface area contributed by atoms with Gasteiger partial charge in [-0.05, 0) is 59.4 Å². The van der Waals surface area contributed by atoms with E-state index in [-0.39, 0.29) is 24.0 Å². The zero-order valence-corrected chi connectivity index (χ0v) is 20.4. The molecule has 2 aliphatic rings. The van der Waals surface area contributed by atoms with E-state index < -0.39 is 15.4 Å². The predicted octanol–water partition coefficient (Wildman–Crippen LogP) is 4.73. The molecule has 35 heavy (non-hydrogen) atoms. The SMILES string of the molecule is C=CCN(C)S(=O)(=O)c1ccc(-c2cccc(CC(=O)C3(c4ccc5c(c4)OCO5)CC3)c2)cc1. The number of carbonyl (C=O) groups is 1. The molecule has 0 amide bonds. The summed E-state index contributed by atoms with van der Waals surface area (Å²) in [5, 5.41) is 0. The van der Waals surface area contributed by atoms with Crippen LogP contribution in [0, 0.1) is 0 Å². The Morgan fingerprint density at radius 1 is 1.00 bits per heavy atom. The third kappa shape index (κ3) is 4.37. The fourth-order valence-corrected chi connectivity index (χ4v) is 5.68. The Kier molecular flexibility index (Phi) is 5.99. The van der Waals surface area contributed by atoms with E-state index in [1.54, 1.807) is 30.3 Å². The number of Topliss-reactive ketones (excluding diaryl/α,β-unsaturated/α-hetero) is 1. The van der Waals surface area contributed by atoms with Crippen molar-refractivity contribution in [1.29, 1.82) is 0 Å². The lowest BCUT2D eigenvalue weighted by Gasteiger charge is -2.16. The van der Waals surface area contributed by atoms with Crippen LogP contribution in [-0.2, 0) is 26.7 Å². The van der Waals surface area contributed by atoms with Crippen molar-refractivity contribution in [2.24, 2.45) is 0 Å². The van der Waals surface area contributed by atoms with Crippen LogP contribution in [0.15, 0.2) is 84.3 Å². The first kappa shape index (κ1) is 23.3. The van der Waals surface area contributed by atoms with Gasteiger partial charge in [0.05, 0.1) is 10.3 Å². The van der Waals surface area contributed by atoms with Gasteiger partial charge in [0.1, 0.15) is 5.78 Å². The molecule has 5 rings (SSSR count). The molecule has 180 valence electrons. The number of likely N-dealkylation sites (N-methyl/N-ethyl adjacent to an activating group) is 1. The molecule has 1 aliphatic heterocycles. The van der Waals surface area contributed by atoms with Crippen LogP contribution in [0.2, 0.25) is 0 Å². The molecule has 0 unspecified atom stereocenters. The maximum Gasteiger partial charge on any atom is 0.243 e. The lowest BCUT2D eigenvalue weighted by molar-refractivity contribution is -0.120. The molecule has 0 saturated heterocycles. The maximum absolute atomic E-state index is 13.4. The Hall–Kier alpha value is -3.42. The Bertz CT molecular complexity index is 1390. The van der Waals surface area contributed by atoms with Crippen LogP contribution in [0.4, 0.5) is 0 Å². The van der Waals surface area contributed by atoms with Crippen molar-refractivity contribution >= 4 is 15.8 Å². The highest BCUT2D eigenvalue weighted by molar-refractivity contribution is 7.89. The van der Waals surface area contributed by atoms with Crippen LogP contribution in [-0.4, -0.2) is 38.9 Å². The minimum atomic E-state index is -3.56. The summed E-state index contributed by atoms with van der Waals surface area (Å²) in [7, 11) is -2.03. The average molecular weight is 490 g/mol. The molecule has 0 radical (unpaired) electrons. The summed E-state index contributed by atoms with van der Waals surface area (Å²) in [5.41, 5.74) is 3.29. The quantitative estimate of drug-likeness (QED) is 0.406. The lowest BCUT2D eigenvalue weighted by Crippen LogP contribution is -2.26. The highest BCUT2D eigenvalue weighted by atomic mass is 32.2. The van der Waals surface area contributed by atoms with Crippen LogP contribution >= 0.6 is 0 Å². The van der Waals surface area contributed by atoms with Gasteiger partial charge in [-0.1, -0.05) is 48.5 Å². The van der Waals surface area contributed by atoms with Gasteiger partial charge in [0.15, 0.2) is 11.5 Å². The monoisotopic (exact) mass is 489 g/mol. The minimum absolute atomic E-state index is 0.195. The van der Waals surface area contributed by atoms with E-state index in [1.807, 2.05) is 42.5 Å². The van der Waals surface area contributed by atoms with E-state index in [0.29, 0.717) is 12.2 Å². The molecule has 0 N–H and O–H groups in total. The Morgan fingerprint density at radius 2 is 1.74 bits per heavy atom. The highest BCUT2D eigenvalue weighted by Crippen LogP contribution is 2.51. The van der Waals surface area contributed by atoms with E-state index in [0.717, 1.165) is 40.8 Å². The predicted molar refractivity (Wildman–Crippen MR) is 134 cm³/mol. The fourth-order valence-electron chi connectivity index (χ4n) is 4.54. The number of sulfonamides is 1. The van der Waals surface area contributed by atoms with Crippen LogP contribution in [0.1, 0.15) is 24.0 Å². The fraction of sp³-hybridized carbons (Fsp3) is 0.250. The molecule has 1 heterocycles. The molecule has 7 heteroatoms. The largest absolute Gasteiger partial charge is 0.454 e. The molecule has 3 aromatic rings. The number of carbonyl (C=O) groups excluding carboxylic acids is 1. The van der Waals surface area contributed by atoms with Gasteiger partial charge in [0.2, 0.25) is 16.8 Å². The van der Waals surface area contributed by atoms with Crippen LogP contribution in [0.25, 0.3) is 11.1 Å². The van der Waals surface area contributed by atoms with Crippen molar-refractivity contribution < 1.29 is 22.7 Å². The molecular weight excluding hydrogens is 462 g/mol. The zero-order chi connectivity index (χ0) is 24.6. The maximum atomic E-state index is 13.4. The molecule has 1 saturated carbocycles. The molecule has 0 aromatic heterocycles. The lowest BCUT2D eigenvalue weighted by atomic mass is 9.87. The molecule has 0 spiro atoms. The van der Waals surface area contributed by atoms with E-state index in [9.17, 15) is 13.2 Å². The van der Waals surface area contributed by atoms with Crippen molar-refractivity contribution in [3.8, 4) is 22.6 Å². The molecular formula is C28H27NO5S. The van der Waals surface area contributed by atoms with Gasteiger partial charge in [0.25, 0.3) is 0 Å². The summed E-state index contributed by atoms with van der Waals surface area (Å²) >= 11 is 0. The number of hydrogen-bond acceptors (Lipinski definition) is 5. The van der Waals surface area contributed by atoms with Crippen LogP contribution in [0.5, 0.6) is 11.5 Å². The van der Waals surface area contributed by atoms with Crippen molar-refractivity contribution in [1.82, 2.24) is 4.31 Å². The number of benzene rings is 3. The van der Waals surface area contributed by atoms with E-state index >= 15 is 0 Å². The zero-order valence-electron chi connectivity index (χ0n) is 19.6. The second-order valence-electron chi connectivity index (χ2n) is 9.05. The topological polar surface area (TPSA) is 72.9 Å². The second-order valence-corrected chi connectivity index (χ2v) is 11.1. The van der Waals surface area contributed by atoms with E-state index in [1.165, 1.54) is 11.4 Å². The van der Waals surface area contributed by atoms with Gasteiger partial charge >= 0.3 is 0 Å². The van der Waals surface area contributed by atoms with E-state index in [4.69, 9.17) is 9.47 Å². The third-order valence-electron chi connectivity index (χ3n) is 6.78. The second kappa shape index (κ2) is 8.98. The first-order valence-electron chi connectivity index (χ1n) is 11.5. The number of fused-ring (bicyclic) bond motifs is 1. The number of nitrogens with zero attached hydrogens (tertiary/aromatic N) is 1. The summed E-state index contributed by atoms with van der Waals surface area (Å²) in [5.74, 6) is 1.61. The van der Waals surface area contributed by atoms with Crippen molar-refractivity contribution in [2.45, 2.75) is 29.6 Å².